The minimum Gasteiger partial charge on any atom is -0.497 e. The van der Waals surface area contributed by atoms with Gasteiger partial charge in [-0.25, -0.2) is 0 Å². The number of alkyl halides is 3. The van der Waals surface area contributed by atoms with Crippen LogP contribution >= 0.6 is 23.4 Å². The van der Waals surface area contributed by atoms with Gasteiger partial charge in [0.2, 0.25) is 5.91 Å². The van der Waals surface area contributed by atoms with E-state index in [0.29, 0.717) is 33.0 Å². The maximum absolute atomic E-state index is 13.7. The van der Waals surface area contributed by atoms with E-state index in [1.54, 1.807) is 109 Å². The van der Waals surface area contributed by atoms with Crippen LogP contribution in [0.4, 0.5) is 24.5 Å². The molecule has 7 nitrogen and oxygen atoms in total. The molecule has 5 aromatic carbocycles. The van der Waals surface area contributed by atoms with Crippen LogP contribution in [0.5, 0.6) is 5.75 Å². The number of benzene rings is 5. The molecule has 5 rings (SSSR count). The molecule has 50 heavy (non-hydrogen) atoms. The van der Waals surface area contributed by atoms with E-state index in [-0.39, 0.29) is 10.7 Å². The first kappa shape index (κ1) is 35.8. The predicted molar refractivity (Wildman–Crippen MR) is 190 cm³/mol. The van der Waals surface area contributed by atoms with E-state index in [9.17, 15) is 27.6 Å². The van der Waals surface area contributed by atoms with Gasteiger partial charge in [0, 0.05) is 21.2 Å². The van der Waals surface area contributed by atoms with Crippen LogP contribution in [0.1, 0.15) is 32.3 Å². The van der Waals surface area contributed by atoms with Crippen molar-refractivity contribution in [3.05, 3.63) is 160 Å². The number of carbonyl (C=O) groups excluding carboxylic acids is 3. The molecule has 0 saturated heterocycles. The van der Waals surface area contributed by atoms with Crippen molar-refractivity contribution in [3.8, 4) is 5.75 Å². The summed E-state index contributed by atoms with van der Waals surface area (Å²) in [6.45, 7) is 0. The fourth-order valence-electron chi connectivity index (χ4n) is 4.75. The van der Waals surface area contributed by atoms with Crippen LogP contribution in [0.15, 0.2) is 138 Å². The molecule has 0 aliphatic heterocycles. The van der Waals surface area contributed by atoms with Gasteiger partial charge in [-0.15, -0.1) is 11.8 Å². The highest BCUT2D eigenvalue weighted by Gasteiger charge is 2.35. The number of hydrogen-bond acceptors (Lipinski definition) is 5. The maximum atomic E-state index is 13.7. The van der Waals surface area contributed by atoms with Crippen molar-refractivity contribution >= 4 is 58.5 Å². The van der Waals surface area contributed by atoms with Crippen molar-refractivity contribution in [2.75, 3.05) is 17.7 Å². The third kappa shape index (κ3) is 9.55. The van der Waals surface area contributed by atoms with Crippen LogP contribution in [-0.2, 0) is 15.8 Å². The molecule has 0 saturated carbocycles. The zero-order valence-corrected chi connectivity index (χ0v) is 27.9. The molecule has 0 spiro atoms. The van der Waals surface area contributed by atoms with Gasteiger partial charge in [-0.05, 0) is 83.9 Å². The van der Waals surface area contributed by atoms with Gasteiger partial charge in [0.05, 0.1) is 18.4 Å². The second-order valence-electron chi connectivity index (χ2n) is 10.7. The summed E-state index contributed by atoms with van der Waals surface area (Å²) < 4.78 is 46.5. The molecule has 0 heterocycles. The summed E-state index contributed by atoms with van der Waals surface area (Å²) in [7, 11) is 1.52. The Kier molecular flexibility index (Phi) is 11.6. The monoisotopic (exact) mass is 715 g/mol. The van der Waals surface area contributed by atoms with Gasteiger partial charge in [0.15, 0.2) is 0 Å². The molecule has 3 amide bonds. The van der Waals surface area contributed by atoms with Crippen LogP contribution in [0.2, 0.25) is 5.02 Å². The highest BCUT2D eigenvalue weighted by molar-refractivity contribution is 8.00. The largest absolute Gasteiger partial charge is 0.497 e. The molecular formula is C38H29ClF3N3O4S. The molecule has 0 aliphatic carbocycles. The summed E-state index contributed by atoms with van der Waals surface area (Å²) in [5.74, 6) is -1.18. The highest BCUT2D eigenvalue weighted by Crippen LogP contribution is 2.40. The van der Waals surface area contributed by atoms with Crippen LogP contribution in [-0.4, -0.2) is 24.8 Å². The van der Waals surface area contributed by atoms with Crippen molar-refractivity contribution in [2.45, 2.75) is 16.3 Å². The molecule has 0 fully saturated rings. The second kappa shape index (κ2) is 16.3. The van der Waals surface area contributed by atoms with E-state index >= 15 is 0 Å². The van der Waals surface area contributed by atoms with E-state index in [1.165, 1.54) is 19.3 Å². The van der Waals surface area contributed by atoms with Crippen molar-refractivity contribution < 1.29 is 32.3 Å². The Morgan fingerprint density at radius 2 is 1.48 bits per heavy atom. The average Bonchev–Trinajstić information content (AvgIpc) is 3.12. The quantitative estimate of drug-likeness (QED) is 0.0936. The van der Waals surface area contributed by atoms with E-state index in [1.807, 2.05) is 0 Å². The van der Waals surface area contributed by atoms with Crippen LogP contribution < -0.4 is 20.7 Å². The number of rotatable bonds is 11. The molecule has 0 bridgehead atoms. The first-order valence-electron chi connectivity index (χ1n) is 15.0. The van der Waals surface area contributed by atoms with Gasteiger partial charge in [-0.1, -0.05) is 72.3 Å². The summed E-state index contributed by atoms with van der Waals surface area (Å²) in [6.07, 6.45) is -3.21. The number of carbonyl (C=O) groups is 3. The van der Waals surface area contributed by atoms with Crippen molar-refractivity contribution in [3.63, 3.8) is 0 Å². The summed E-state index contributed by atoms with van der Waals surface area (Å²) in [5, 5.41) is 6.85. The SMILES string of the molecule is COc1cccc(/C=C(\NC(=O)c2ccccc2)C(=O)Nc2ccc(SC(C(=O)Nc3ccc(Cl)cc3C(F)(F)F)c3ccccc3)cc2)c1. The molecule has 5 aromatic rings. The van der Waals surface area contributed by atoms with Gasteiger partial charge in [0.1, 0.15) is 16.7 Å². The lowest BCUT2D eigenvalue weighted by atomic mass is 10.1. The van der Waals surface area contributed by atoms with Crippen molar-refractivity contribution in [1.29, 1.82) is 0 Å². The summed E-state index contributed by atoms with van der Waals surface area (Å²) in [6, 6.07) is 33.8. The van der Waals surface area contributed by atoms with Crippen molar-refractivity contribution in [2.24, 2.45) is 0 Å². The lowest BCUT2D eigenvalue weighted by molar-refractivity contribution is -0.137. The van der Waals surface area contributed by atoms with E-state index in [4.69, 9.17) is 16.3 Å². The molecule has 0 radical (unpaired) electrons. The van der Waals surface area contributed by atoms with Gasteiger partial charge in [0.25, 0.3) is 11.8 Å². The second-order valence-corrected chi connectivity index (χ2v) is 12.3. The molecule has 3 N–H and O–H groups in total. The van der Waals surface area contributed by atoms with Gasteiger partial charge < -0.3 is 20.7 Å². The predicted octanol–water partition coefficient (Wildman–Crippen LogP) is 9.25. The smallest absolute Gasteiger partial charge is 0.418 e. The third-order valence-corrected chi connectivity index (χ3v) is 8.69. The first-order chi connectivity index (χ1) is 24.0. The normalized spacial score (nSPS) is 12.1. The lowest BCUT2D eigenvalue weighted by Crippen LogP contribution is -2.30. The Labute approximate surface area is 295 Å². The number of amides is 3. The molecule has 1 atom stereocenters. The number of nitrogens with one attached hydrogen (secondary N) is 3. The lowest BCUT2D eigenvalue weighted by Gasteiger charge is -2.20. The summed E-state index contributed by atoms with van der Waals surface area (Å²) >= 11 is 6.93. The molecule has 0 aliphatic rings. The topological polar surface area (TPSA) is 96.5 Å². The first-order valence-corrected chi connectivity index (χ1v) is 16.3. The Hall–Kier alpha value is -5.52. The zero-order chi connectivity index (χ0) is 35.7. The van der Waals surface area contributed by atoms with Crippen LogP contribution in [0.3, 0.4) is 0 Å². The Balaban J connectivity index is 1.35. The minimum atomic E-state index is -4.74. The molecule has 1 unspecified atom stereocenters. The van der Waals surface area contributed by atoms with E-state index in [0.717, 1.165) is 23.9 Å². The number of anilines is 2. The zero-order valence-electron chi connectivity index (χ0n) is 26.3. The summed E-state index contributed by atoms with van der Waals surface area (Å²) in [5.41, 5.74) is 0.435. The number of halogens is 4. The molecule has 254 valence electrons. The molecular weight excluding hydrogens is 687 g/mol. The van der Waals surface area contributed by atoms with Crippen molar-refractivity contribution in [1.82, 2.24) is 5.32 Å². The number of hydrogen-bond donors (Lipinski definition) is 3. The highest BCUT2D eigenvalue weighted by atomic mass is 35.5. The number of methoxy groups -OCH3 is 1. The Morgan fingerprint density at radius 1 is 0.800 bits per heavy atom. The van der Waals surface area contributed by atoms with Gasteiger partial charge in [-0.3, -0.25) is 14.4 Å². The van der Waals surface area contributed by atoms with E-state index in [2.05, 4.69) is 16.0 Å². The van der Waals surface area contributed by atoms with Crippen LogP contribution in [0.25, 0.3) is 6.08 Å². The summed E-state index contributed by atoms with van der Waals surface area (Å²) in [4.78, 5) is 40.6. The molecule has 12 heteroatoms. The number of ether oxygens (including phenoxy) is 1. The fourth-order valence-corrected chi connectivity index (χ4v) is 5.95. The number of thioether (sulfide) groups is 1. The van der Waals surface area contributed by atoms with Gasteiger partial charge >= 0.3 is 6.18 Å². The standard InChI is InChI=1S/C38H29ClF3N3O4S/c1-49-29-14-8-9-24(21-29)22-33(45-35(46)26-12-6-3-7-13-26)36(47)43-28-16-18-30(19-17-28)50-34(25-10-4-2-5-11-25)37(48)44-32-20-15-27(39)23-31(32)38(40,41)42/h2-23,34H,1H3,(H,43,47)(H,44,48)(H,45,46)/b33-22-. The van der Waals surface area contributed by atoms with Gasteiger partial charge in [-0.2, -0.15) is 13.2 Å². The molecule has 0 aromatic heterocycles. The average molecular weight is 716 g/mol. The maximum Gasteiger partial charge on any atom is 0.418 e. The Bertz CT molecular complexity index is 2010. The Morgan fingerprint density at radius 3 is 2.14 bits per heavy atom. The third-order valence-electron chi connectivity index (χ3n) is 7.19. The minimum absolute atomic E-state index is 0.0215. The van der Waals surface area contributed by atoms with E-state index < -0.39 is 40.4 Å². The van der Waals surface area contributed by atoms with Crippen LogP contribution in [0, 0.1) is 0 Å². The fraction of sp³-hybridized carbons (Fsp3) is 0.0789.